The third kappa shape index (κ3) is 7.14. The van der Waals surface area contributed by atoms with Gasteiger partial charge in [-0.1, -0.05) is 72.2 Å². The second-order valence-electron chi connectivity index (χ2n) is 11.6. The summed E-state index contributed by atoms with van der Waals surface area (Å²) in [6.45, 7) is 4.79. The third-order valence-corrected chi connectivity index (χ3v) is 9.18. The van der Waals surface area contributed by atoms with Gasteiger partial charge < -0.3 is 26.4 Å². The molecule has 0 bridgehead atoms. The predicted octanol–water partition coefficient (Wildman–Crippen LogP) is 4.86. The molecule has 1 aliphatic heterocycles. The average molecular weight is 699 g/mol. The van der Waals surface area contributed by atoms with E-state index in [0.717, 1.165) is 34.2 Å². The van der Waals surface area contributed by atoms with Crippen LogP contribution >= 0.6 is 23.2 Å². The second kappa shape index (κ2) is 14.5. The van der Waals surface area contributed by atoms with Gasteiger partial charge in [-0.3, -0.25) is 18.8 Å². The molecule has 13 heteroatoms. The Kier molecular flexibility index (Phi) is 9.95. The maximum absolute atomic E-state index is 13.1. The highest BCUT2D eigenvalue weighted by molar-refractivity contribution is 6.39. The van der Waals surface area contributed by atoms with E-state index in [1.165, 1.54) is 10.6 Å². The number of halogens is 2. The molecule has 5 N–H and O–H groups in total. The molecule has 4 heterocycles. The van der Waals surface area contributed by atoms with Crippen LogP contribution in [0.5, 0.6) is 5.88 Å². The molecule has 0 saturated carbocycles. The molecule has 6 rings (SSSR count). The summed E-state index contributed by atoms with van der Waals surface area (Å²) >= 11 is 14.1. The van der Waals surface area contributed by atoms with Crippen LogP contribution < -0.4 is 32.0 Å². The molecule has 0 spiro atoms. The molecule has 1 fully saturated rings. The molecule has 49 heavy (non-hydrogen) atoms. The van der Waals surface area contributed by atoms with Gasteiger partial charge in [-0.15, -0.1) is 0 Å². The van der Waals surface area contributed by atoms with Crippen molar-refractivity contribution in [3.63, 3.8) is 0 Å². The smallest absolute Gasteiger partial charge is 0.264 e. The van der Waals surface area contributed by atoms with Crippen molar-refractivity contribution in [2.24, 2.45) is 5.73 Å². The summed E-state index contributed by atoms with van der Waals surface area (Å²) in [6.07, 6.45) is 4.47. The van der Waals surface area contributed by atoms with Crippen molar-refractivity contribution >= 4 is 40.7 Å². The molecule has 250 valence electrons. The van der Waals surface area contributed by atoms with Crippen LogP contribution in [0.15, 0.2) is 90.1 Å². The molecule has 0 unspecified atom stereocenters. The Balaban J connectivity index is 1.26. The average Bonchev–Trinajstić information content (AvgIpc) is 3.52. The number of methoxy groups -OCH3 is 1. The van der Waals surface area contributed by atoms with E-state index in [9.17, 15) is 14.4 Å². The molecule has 2 amide bonds. The van der Waals surface area contributed by atoms with Gasteiger partial charge in [0.1, 0.15) is 5.65 Å². The van der Waals surface area contributed by atoms with Crippen LogP contribution in [0.4, 0.5) is 0 Å². The highest BCUT2D eigenvalue weighted by Crippen LogP contribution is 2.42. The normalized spacial score (nSPS) is 14.1. The van der Waals surface area contributed by atoms with Gasteiger partial charge in [0, 0.05) is 72.3 Å². The zero-order valence-corrected chi connectivity index (χ0v) is 28.1. The minimum Gasteiger partial charge on any atom is -0.481 e. The zero-order valence-electron chi connectivity index (χ0n) is 26.6. The van der Waals surface area contributed by atoms with Crippen molar-refractivity contribution in [1.82, 2.24) is 30.3 Å². The number of primary amides is 1. The highest BCUT2D eigenvalue weighted by Gasteiger charge is 2.21. The number of hydrogen-bond donors (Lipinski definition) is 4. The van der Waals surface area contributed by atoms with Crippen LogP contribution in [0.25, 0.3) is 39.2 Å². The number of nitrogens with one attached hydrogen (secondary N) is 3. The van der Waals surface area contributed by atoms with Gasteiger partial charge in [-0.05, 0) is 30.2 Å². The van der Waals surface area contributed by atoms with E-state index in [-0.39, 0.29) is 29.8 Å². The van der Waals surface area contributed by atoms with E-state index in [2.05, 4.69) is 27.5 Å². The van der Waals surface area contributed by atoms with Gasteiger partial charge >= 0.3 is 0 Å². The Labute approximate surface area is 292 Å². The first-order valence-corrected chi connectivity index (χ1v) is 16.2. The Morgan fingerprint density at radius 1 is 1.02 bits per heavy atom. The number of carbonyl (C=O) groups excluding carboxylic acids is 2. The van der Waals surface area contributed by atoms with Gasteiger partial charge in [-0.2, -0.15) is 0 Å². The quantitative estimate of drug-likeness (QED) is 0.135. The maximum Gasteiger partial charge on any atom is 0.264 e. The number of amides is 2. The molecule has 1 aliphatic rings. The molecule has 0 radical (unpaired) electrons. The lowest BCUT2D eigenvalue weighted by Crippen LogP contribution is -2.35. The summed E-state index contributed by atoms with van der Waals surface area (Å²) in [5.74, 6) is -0.137. The summed E-state index contributed by atoms with van der Waals surface area (Å²) < 4.78 is 7.05. The van der Waals surface area contributed by atoms with Crippen LogP contribution in [0.3, 0.4) is 0 Å². The first kappa shape index (κ1) is 33.7. The molecule has 0 aliphatic carbocycles. The molecule has 3 aromatic heterocycles. The lowest BCUT2D eigenvalue weighted by molar-refractivity contribution is -0.119. The molecule has 2 aromatic carbocycles. The first-order valence-electron chi connectivity index (χ1n) is 15.5. The Morgan fingerprint density at radius 3 is 2.43 bits per heavy atom. The number of benzene rings is 2. The van der Waals surface area contributed by atoms with Gasteiger partial charge in [0.05, 0.1) is 34.1 Å². The minimum atomic E-state index is -0.700. The standard InChI is InChI=1S/C36H33Cl2N7O4/c1-20(34(39)47)41-17-23-18-42-30-15-21(13-14-45(30)36(23)48)25-5-3-6-26(32(25)37)27-7-4-8-28(33(27)38)29-11-9-22(35(44-29)49-2)16-40-19-24-10-12-31(46)43-24/h3-9,11,13-15,18,24,40-41H,1,10,12,16-17,19H2,2H3,(H2,39,47)(H,43,46)/t24-/m0/s1. The summed E-state index contributed by atoms with van der Waals surface area (Å²) in [6, 6.07) is 18.9. The molecule has 1 saturated heterocycles. The summed E-state index contributed by atoms with van der Waals surface area (Å²) in [7, 11) is 1.58. The fourth-order valence-corrected chi connectivity index (χ4v) is 6.40. The Bertz CT molecular complexity index is 2170. The van der Waals surface area contributed by atoms with Crippen LogP contribution in [-0.2, 0) is 22.7 Å². The summed E-state index contributed by atoms with van der Waals surface area (Å²) in [4.78, 5) is 45.1. The number of hydrogen-bond acceptors (Lipinski definition) is 8. The fraction of sp³-hybridized carbons (Fsp3) is 0.194. The van der Waals surface area contributed by atoms with Gasteiger partial charge in [0.2, 0.25) is 11.8 Å². The number of carbonyl (C=O) groups is 2. The molecular formula is C36H33Cl2N7O4. The van der Waals surface area contributed by atoms with Crippen molar-refractivity contribution in [2.75, 3.05) is 13.7 Å². The van der Waals surface area contributed by atoms with Crippen molar-refractivity contribution in [3.8, 4) is 39.4 Å². The number of pyridine rings is 2. The van der Waals surface area contributed by atoms with E-state index in [0.29, 0.717) is 57.9 Å². The topological polar surface area (TPSA) is 153 Å². The lowest BCUT2D eigenvalue weighted by atomic mass is 9.97. The van der Waals surface area contributed by atoms with Gasteiger partial charge in [0.25, 0.3) is 11.5 Å². The van der Waals surface area contributed by atoms with Crippen molar-refractivity contribution < 1.29 is 14.3 Å². The second-order valence-corrected chi connectivity index (χ2v) is 12.3. The van der Waals surface area contributed by atoms with Crippen LogP contribution in [0.1, 0.15) is 24.0 Å². The van der Waals surface area contributed by atoms with Crippen molar-refractivity contribution in [3.05, 3.63) is 117 Å². The maximum atomic E-state index is 13.1. The monoisotopic (exact) mass is 697 g/mol. The van der Waals surface area contributed by atoms with E-state index < -0.39 is 5.91 Å². The number of aromatic nitrogens is 3. The highest BCUT2D eigenvalue weighted by atomic mass is 35.5. The molecular weight excluding hydrogens is 665 g/mol. The predicted molar refractivity (Wildman–Crippen MR) is 190 cm³/mol. The van der Waals surface area contributed by atoms with Crippen molar-refractivity contribution in [1.29, 1.82) is 0 Å². The van der Waals surface area contributed by atoms with Crippen LogP contribution in [0, 0.1) is 0 Å². The third-order valence-electron chi connectivity index (χ3n) is 8.37. The molecule has 1 atom stereocenters. The number of rotatable bonds is 12. The SMILES string of the molecule is C=C(NCc1cnc2cc(-c3cccc(-c4cccc(-c5ccc(CNC[C@@H]6CCC(=O)N6)c(OC)n5)c4Cl)c3Cl)ccn2c1=O)C(N)=O. The largest absolute Gasteiger partial charge is 0.481 e. The van der Waals surface area contributed by atoms with E-state index >= 15 is 0 Å². The van der Waals surface area contributed by atoms with E-state index in [1.807, 2.05) is 48.5 Å². The van der Waals surface area contributed by atoms with Gasteiger partial charge in [0.15, 0.2) is 0 Å². The fourth-order valence-electron chi connectivity index (χ4n) is 5.73. The number of ether oxygens (including phenoxy) is 1. The van der Waals surface area contributed by atoms with Crippen LogP contribution in [0.2, 0.25) is 10.0 Å². The van der Waals surface area contributed by atoms with E-state index in [4.69, 9.17) is 38.7 Å². The summed E-state index contributed by atoms with van der Waals surface area (Å²) in [5.41, 5.74) is 10.9. The lowest BCUT2D eigenvalue weighted by Gasteiger charge is -2.16. The summed E-state index contributed by atoms with van der Waals surface area (Å²) in [5, 5.41) is 10.0. The number of fused-ring (bicyclic) bond motifs is 1. The number of nitrogens with zero attached hydrogens (tertiary/aromatic N) is 3. The Morgan fingerprint density at radius 2 is 1.73 bits per heavy atom. The van der Waals surface area contributed by atoms with Crippen LogP contribution in [-0.4, -0.2) is 45.9 Å². The Hall–Kier alpha value is -5.23. The molecule has 11 nitrogen and oxygen atoms in total. The van der Waals surface area contributed by atoms with E-state index in [1.54, 1.807) is 25.4 Å². The zero-order chi connectivity index (χ0) is 34.7. The molecule has 5 aromatic rings. The minimum absolute atomic E-state index is 0.00532. The van der Waals surface area contributed by atoms with Gasteiger partial charge in [-0.25, -0.2) is 9.97 Å². The number of nitrogens with two attached hydrogens (primary N) is 1. The first-order chi connectivity index (χ1) is 23.6. The van der Waals surface area contributed by atoms with Crippen molar-refractivity contribution in [2.45, 2.75) is 32.0 Å².